The Morgan fingerprint density at radius 2 is 2.08 bits per heavy atom. The number of aromatic amines is 1. The van der Waals surface area contributed by atoms with E-state index in [1.807, 2.05) is 0 Å². The van der Waals surface area contributed by atoms with Crippen molar-refractivity contribution in [3.63, 3.8) is 0 Å². The molecule has 0 bridgehead atoms. The smallest absolute Gasteiger partial charge is 0.332 e. The van der Waals surface area contributed by atoms with Gasteiger partial charge < -0.3 is 5.32 Å². The van der Waals surface area contributed by atoms with Crippen LogP contribution >= 0.6 is 27.5 Å². The number of hydrogen-bond acceptors (Lipinski definition) is 6. The van der Waals surface area contributed by atoms with Crippen LogP contribution < -0.4 is 5.32 Å². The van der Waals surface area contributed by atoms with Crippen molar-refractivity contribution in [3.05, 3.63) is 73.1 Å². The van der Waals surface area contributed by atoms with E-state index < -0.39 is 4.92 Å². The molecular formula is C16H11BrClN5O3. The number of pyridine rings is 1. The van der Waals surface area contributed by atoms with Crippen LogP contribution in [-0.4, -0.2) is 25.9 Å². The summed E-state index contributed by atoms with van der Waals surface area (Å²) in [6, 6.07) is 8.15. The standard InChI is InChI=1S/C16H11BrClN5O3/c1-8-14(23(25)26)16(22-21-8)20-12-6-13(17)19-7-10(12)15(24)9-4-2-3-5-11(9)18/h2-7H,1H3,(H2,19,20,21,22). The van der Waals surface area contributed by atoms with Gasteiger partial charge in [0.25, 0.3) is 0 Å². The third-order valence-electron chi connectivity index (χ3n) is 3.58. The molecule has 0 aliphatic rings. The van der Waals surface area contributed by atoms with Crippen molar-refractivity contribution in [2.75, 3.05) is 5.32 Å². The molecule has 1 aromatic carbocycles. The maximum absolute atomic E-state index is 12.9. The van der Waals surface area contributed by atoms with Gasteiger partial charge in [-0.25, -0.2) is 4.98 Å². The molecular weight excluding hydrogens is 426 g/mol. The van der Waals surface area contributed by atoms with Gasteiger partial charge in [-0.15, -0.1) is 5.10 Å². The number of nitrogens with one attached hydrogen (secondary N) is 2. The van der Waals surface area contributed by atoms with E-state index in [0.717, 1.165) is 0 Å². The molecule has 3 rings (SSSR count). The van der Waals surface area contributed by atoms with Gasteiger partial charge in [-0.2, -0.15) is 0 Å². The predicted octanol–water partition coefficient (Wildman–Crippen LogP) is 4.41. The number of hydrogen-bond donors (Lipinski definition) is 2. The van der Waals surface area contributed by atoms with Crippen LogP contribution in [0.2, 0.25) is 5.02 Å². The number of benzene rings is 1. The molecule has 2 N–H and O–H groups in total. The Morgan fingerprint density at radius 3 is 2.77 bits per heavy atom. The first kappa shape index (κ1) is 18.0. The highest BCUT2D eigenvalue weighted by Crippen LogP contribution is 2.32. The number of halogens is 2. The SMILES string of the molecule is Cc1[nH]nc(Nc2cc(Br)ncc2C(=O)c2ccccc2Cl)c1[N+](=O)[O-]. The number of aryl methyl sites for hydroxylation is 1. The van der Waals surface area contributed by atoms with Crippen LogP contribution in [0.4, 0.5) is 17.2 Å². The fourth-order valence-electron chi connectivity index (χ4n) is 2.37. The second-order valence-electron chi connectivity index (χ2n) is 5.29. The van der Waals surface area contributed by atoms with Gasteiger partial charge in [-0.3, -0.25) is 20.0 Å². The Kier molecular flexibility index (Phi) is 5.01. The van der Waals surface area contributed by atoms with Gasteiger partial charge in [0, 0.05) is 11.8 Å². The fourth-order valence-corrected chi connectivity index (χ4v) is 2.92. The zero-order valence-electron chi connectivity index (χ0n) is 13.3. The van der Waals surface area contributed by atoms with Gasteiger partial charge in [0.15, 0.2) is 5.78 Å². The minimum Gasteiger partial charge on any atom is -0.332 e. The number of nitro groups is 1. The summed E-state index contributed by atoms with van der Waals surface area (Å²) in [5.74, 6) is -0.369. The zero-order chi connectivity index (χ0) is 18.8. The topological polar surface area (TPSA) is 114 Å². The molecule has 0 spiro atoms. The number of ketones is 1. The van der Waals surface area contributed by atoms with Crippen molar-refractivity contribution >= 4 is 50.5 Å². The normalized spacial score (nSPS) is 10.6. The lowest BCUT2D eigenvalue weighted by molar-refractivity contribution is -0.384. The highest BCUT2D eigenvalue weighted by atomic mass is 79.9. The van der Waals surface area contributed by atoms with Crippen LogP contribution in [-0.2, 0) is 0 Å². The Balaban J connectivity index is 2.06. The van der Waals surface area contributed by atoms with Crippen molar-refractivity contribution in [2.45, 2.75) is 6.92 Å². The van der Waals surface area contributed by atoms with E-state index in [-0.39, 0.29) is 22.9 Å². The second-order valence-corrected chi connectivity index (χ2v) is 6.51. The number of rotatable bonds is 5. The van der Waals surface area contributed by atoms with Gasteiger partial charge in [0.05, 0.1) is 21.2 Å². The lowest BCUT2D eigenvalue weighted by atomic mass is 10.0. The van der Waals surface area contributed by atoms with Crippen LogP contribution in [0.1, 0.15) is 21.6 Å². The maximum atomic E-state index is 12.9. The van der Waals surface area contributed by atoms with Crippen LogP contribution in [0, 0.1) is 17.0 Å². The van der Waals surface area contributed by atoms with E-state index in [0.29, 0.717) is 26.6 Å². The van der Waals surface area contributed by atoms with Gasteiger partial charge in [0.1, 0.15) is 10.3 Å². The summed E-state index contributed by atoms with van der Waals surface area (Å²) in [7, 11) is 0. The van der Waals surface area contributed by atoms with Crippen molar-refractivity contribution < 1.29 is 9.72 Å². The van der Waals surface area contributed by atoms with Crippen molar-refractivity contribution in [1.82, 2.24) is 15.2 Å². The molecule has 0 aliphatic carbocycles. The molecule has 132 valence electrons. The molecule has 10 heteroatoms. The van der Waals surface area contributed by atoms with Crippen LogP contribution in [0.3, 0.4) is 0 Å². The molecule has 0 fully saturated rings. The maximum Gasteiger partial charge on any atom is 0.333 e. The van der Waals surface area contributed by atoms with E-state index >= 15 is 0 Å². The minimum absolute atomic E-state index is 0.00110. The molecule has 0 aliphatic heterocycles. The van der Waals surface area contributed by atoms with E-state index in [2.05, 4.69) is 36.4 Å². The molecule has 2 aromatic heterocycles. The summed E-state index contributed by atoms with van der Waals surface area (Å²) < 4.78 is 0.450. The first-order valence-corrected chi connectivity index (χ1v) is 8.46. The summed E-state index contributed by atoms with van der Waals surface area (Å²) in [6.07, 6.45) is 1.36. The molecule has 0 radical (unpaired) electrons. The summed E-state index contributed by atoms with van der Waals surface area (Å²) >= 11 is 9.34. The average Bonchev–Trinajstić information content (AvgIpc) is 2.95. The van der Waals surface area contributed by atoms with E-state index in [9.17, 15) is 14.9 Å². The van der Waals surface area contributed by atoms with Crippen LogP contribution in [0.25, 0.3) is 0 Å². The summed E-state index contributed by atoms with van der Waals surface area (Å²) in [4.78, 5) is 27.6. The molecule has 0 saturated heterocycles. The lowest BCUT2D eigenvalue weighted by Crippen LogP contribution is -2.08. The number of carbonyl (C=O) groups excluding carboxylic acids is 1. The number of nitrogens with zero attached hydrogens (tertiary/aromatic N) is 3. The Labute approximate surface area is 160 Å². The third kappa shape index (κ3) is 3.44. The average molecular weight is 437 g/mol. The summed E-state index contributed by atoms with van der Waals surface area (Å²) in [5, 5.41) is 20.8. The van der Waals surface area contributed by atoms with E-state index in [1.165, 1.54) is 19.2 Å². The molecule has 8 nitrogen and oxygen atoms in total. The second kappa shape index (κ2) is 7.22. The Morgan fingerprint density at radius 1 is 1.35 bits per heavy atom. The predicted molar refractivity (Wildman–Crippen MR) is 100 cm³/mol. The third-order valence-corrected chi connectivity index (χ3v) is 4.35. The molecule has 3 aromatic rings. The summed E-state index contributed by atoms with van der Waals surface area (Å²) in [5.41, 5.74) is 0.912. The first-order chi connectivity index (χ1) is 12.4. The Hall–Kier alpha value is -2.78. The van der Waals surface area contributed by atoms with Crippen molar-refractivity contribution in [3.8, 4) is 0 Å². The number of aromatic nitrogens is 3. The van der Waals surface area contributed by atoms with Gasteiger partial charge in [-0.05, 0) is 41.1 Å². The number of H-pyrrole nitrogens is 1. The molecule has 0 amide bonds. The van der Waals surface area contributed by atoms with E-state index in [4.69, 9.17) is 11.6 Å². The van der Waals surface area contributed by atoms with Gasteiger partial charge in [-0.1, -0.05) is 23.7 Å². The lowest BCUT2D eigenvalue weighted by Gasteiger charge is -2.10. The number of carbonyl (C=O) groups is 1. The van der Waals surface area contributed by atoms with Crippen LogP contribution in [0.5, 0.6) is 0 Å². The molecule has 2 heterocycles. The summed E-state index contributed by atoms with van der Waals surface area (Å²) in [6.45, 7) is 1.54. The number of anilines is 2. The molecule has 0 unspecified atom stereocenters. The minimum atomic E-state index is -0.549. The van der Waals surface area contributed by atoms with Gasteiger partial charge in [0.2, 0.25) is 5.82 Å². The quantitative estimate of drug-likeness (QED) is 0.265. The van der Waals surface area contributed by atoms with Crippen molar-refractivity contribution in [1.29, 1.82) is 0 Å². The zero-order valence-corrected chi connectivity index (χ0v) is 15.6. The molecule has 0 atom stereocenters. The highest BCUT2D eigenvalue weighted by molar-refractivity contribution is 9.10. The van der Waals surface area contributed by atoms with Crippen LogP contribution in [0.15, 0.2) is 41.1 Å². The van der Waals surface area contributed by atoms with Crippen molar-refractivity contribution in [2.24, 2.45) is 0 Å². The first-order valence-electron chi connectivity index (χ1n) is 7.29. The fraction of sp³-hybridized carbons (Fsp3) is 0.0625. The highest BCUT2D eigenvalue weighted by Gasteiger charge is 2.24. The molecule has 0 saturated carbocycles. The largest absolute Gasteiger partial charge is 0.333 e. The Bertz CT molecular complexity index is 1020. The monoisotopic (exact) mass is 435 g/mol. The van der Waals surface area contributed by atoms with Gasteiger partial charge >= 0.3 is 5.69 Å². The molecule has 26 heavy (non-hydrogen) atoms. The van der Waals surface area contributed by atoms with E-state index in [1.54, 1.807) is 24.3 Å².